The number of aromatic nitrogens is 4. The number of carbonyl (C=O) groups excluding carboxylic acids is 2. The van der Waals surface area contributed by atoms with E-state index in [9.17, 15) is 14.4 Å². The molecule has 4 heterocycles. The molecule has 4 aliphatic carbocycles. The molecule has 9 rings (SSSR count). The fraction of sp³-hybridized carbons (Fsp3) is 0.558. The van der Waals surface area contributed by atoms with Crippen LogP contribution in [-0.4, -0.2) is 75.7 Å². The van der Waals surface area contributed by atoms with Gasteiger partial charge in [-0.05, 0) is 144 Å². The predicted molar refractivity (Wildman–Crippen MR) is 213 cm³/mol. The van der Waals surface area contributed by atoms with Gasteiger partial charge in [0.15, 0.2) is 0 Å². The van der Waals surface area contributed by atoms with Crippen LogP contribution in [0.3, 0.4) is 0 Å². The normalized spacial score (nSPS) is 23.7. The molecule has 2 amide bonds. The molecule has 4 aromatic rings. The molecular formula is C43H56N8O3. The molecule has 11 nitrogen and oxygen atoms in total. The molecule has 1 saturated heterocycles. The van der Waals surface area contributed by atoms with E-state index in [4.69, 9.17) is 4.98 Å². The van der Waals surface area contributed by atoms with E-state index in [-0.39, 0.29) is 30.0 Å². The number of pyridine rings is 2. The van der Waals surface area contributed by atoms with E-state index in [0.717, 1.165) is 109 Å². The highest BCUT2D eigenvalue weighted by Crippen LogP contribution is 2.61. The van der Waals surface area contributed by atoms with Crippen LogP contribution in [0.5, 0.6) is 0 Å². The minimum atomic E-state index is -0.258. The van der Waals surface area contributed by atoms with Crippen molar-refractivity contribution in [2.24, 2.45) is 23.2 Å². The Kier molecular flexibility index (Phi) is 10.1. The number of piperazine rings is 1. The number of rotatable bonds is 12. The third-order valence-corrected chi connectivity index (χ3v) is 12.8. The second-order valence-corrected chi connectivity index (χ2v) is 17.3. The Labute approximate surface area is 318 Å². The lowest BCUT2D eigenvalue weighted by molar-refractivity contribution is -0.129. The van der Waals surface area contributed by atoms with E-state index in [1.807, 2.05) is 36.9 Å². The molecular weight excluding hydrogens is 677 g/mol. The number of nitrogens with one attached hydrogen (secondary N) is 3. The summed E-state index contributed by atoms with van der Waals surface area (Å²) >= 11 is 0. The van der Waals surface area contributed by atoms with E-state index < -0.39 is 0 Å². The quantitative estimate of drug-likeness (QED) is 0.149. The van der Waals surface area contributed by atoms with Crippen LogP contribution >= 0.6 is 0 Å². The van der Waals surface area contributed by atoms with Crippen molar-refractivity contribution >= 4 is 28.5 Å². The monoisotopic (exact) mass is 732 g/mol. The fourth-order valence-corrected chi connectivity index (χ4v) is 10.7. The standard InChI is InChI=1S/C43H56N8O3/c1-27(2)51-38-19-34(18-35(37(38)26-47-51)41(53)46-25-36-28(3)14-29(4)48-42(36)54)33-6-7-39(45-24-33)50-12-10-49(11-13-50)9-5-8-44-40(52)23-43-20-30-15-31(21-43)17-32(16-30)22-43/h6-7,14,18-19,24,26-27,30-32H,5,8-13,15-17,20-23,25H2,1-4H3,(H,44,52)(H,46,53)(H,48,54). The first kappa shape index (κ1) is 36.5. The van der Waals surface area contributed by atoms with Gasteiger partial charge < -0.3 is 20.5 Å². The number of carbonyl (C=O) groups is 2. The Hall–Kier alpha value is -4.51. The summed E-state index contributed by atoms with van der Waals surface area (Å²) in [6, 6.07) is 10.1. The van der Waals surface area contributed by atoms with Crippen LogP contribution in [0.1, 0.15) is 98.4 Å². The van der Waals surface area contributed by atoms with Crippen LogP contribution in [0.15, 0.2) is 47.5 Å². The third kappa shape index (κ3) is 7.56. The highest BCUT2D eigenvalue weighted by molar-refractivity contribution is 6.08. The van der Waals surface area contributed by atoms with Crippen LogP contribution in [0.25, 0.3) is 22.0 Å². The molecule has 3 N–H and O–H groups in total. The van der Waals surface area contributed by atoms with Crippen LogP contribution < -0.4 is 21.1 Å². The highest BCUT2D eigenvalue weighted by Gasteiger charge is 2.51. The van der Waals surface area contributed by atoms with Crippen molar-refractivity contribution in [3.05, 3.63) is 75.5 Å². The fourth-order valence-electron chi connectivity index (χ4n) is 10.7. The molecule has 4 bridgehead atoms. The Morgan fingerprint density at radius 2 is 1.65 bits per heavy atom. The second kappa shape index (κ2) is 15.0. The van der Waals surface area contributed by atoms with E-state index >= 15 is 0 Å². The maximum Gasteiger partial charge on any atom is 0.253 e. The SMILES string of the molecule is Cc1cc(C)c(CNC(=O)c2cc(-c3ccc(N4CCN(CCCNC(=O)CC56CC7CC(CC(C7)C5)C6)CC4)nc3)cc3c2cnn3C(C)C)c(=O)[nH]1. The number of amides is 2. The average Bonchev–Trinajstić information content (AvgIpc) is 3.57. The van der Waals surface area contributed by atoms with Gasteiger partial charge in [-0.25, -0.2) is 4.98 Å². The molecule has 0 unspecified atom stereocenters. The molecule has 11 heteroatoms. The number of nitrogens with zero attached hydrogens (tertiary/aromatic N) is 5. The van der Waals surface area contributed by atoms with E-state index in [2.05, 4.69) is 62.6 Å². The molecule has 0 radical (unpaired) electrons. The van der Waals surface area contributed by atoms with Gasteiger partial charge in [0.2, 0.25) is 5.91 Å². The van der Waals surface area contributed by atoms with Gasteiger partial charge >= 0.3 is 0 Å². The molecule has 286 valence electrons. The van der Waals surface area contributed by atoms with Gasteiger partial charge in [-0.1, -0.05) is 0 Å². The minimum Gasteiger partial charge on any atom is -0.356 e. The molecule has 0 atom stereocenters. The van der Waals surface area contributed by atoms with Crippen molar-refractivity contribution < 1.29 is 9.59 Å². The smallest absolute Gasteiger partial charge is 0.253 e. The maximum atomic E-state index is 13.7. The van der Waals surface area contributed by atoms with Crippen molar-refractivity contribution in [2.45, 2.75) is 91.6 Å². The molecule has 5 fully saturated rings. The van der Waals surface area contributed by atoms with Gasteiger partial charge in [0.25, 0.3) is 11.5 Å². The number of aryl methyl sites for hydroxylation is 2. The van der Waals surface area contributed by atoms with Crippen molar-refractivity contribution in [1.29, 1.82) is 0 Å². The van der Waals surface area contributed by atoms with Crippen molar-refractivity contribution in [2.75, 3.05) is 44.2 Å². The van der Waals surface area contributed by atoms with E-state index in [0.29, 0.717) is 16.5 Å². The number of benzene rings is 1. The molecule has 0 spiro atoms. The summed E-state index contributed by atoms with van der Waals surface area (Å²) < 4.78 is 1.93. The lowest BCUT2D eigenvalue weighted by Crippen LogP contribution is -2.48. The highest BCUT2D eigenvalue weighted by atomic mass is 16.2. The zero-order valence-electron chi connectivity index (χ0n) is 32.4. The molecule has 1 aliphatic heterocycles. The van der Waals surface area contributed by atoms with Crippen LogP contribution in [0.2, 0.25) is 0 Å². The topological polar surface area (TPSA) is 128 Å². The van der Waals surface area contributed by atoms with Crippen LogP contribution in [-0.2, 0) is 11.3 Å². The predicted octanol–water partition coefficient (Wildman–Crippen LogP) is 6.15. The van der Waals surface area contributed by atoms with Crippen molar-refractivity contribution in [3.8, 4) is 11.1 Å². The number of H-pyrrole nitrogens is 1. The van der Waals surface area contributed by atoms with Gasteiger partial charge in [-0.15, -0.1) is 0 Å². The lowest BCUT2D eigenvalue weighted by Gasteiger charge is -2.56. The van der Waals surface area contributed by atoms with E-state index in [1.165, 1.54) is 38.5 Å². The Balaban J connectivity index is 0.857. The first-order valence-corrected chi connectivity index (χ1v) is 20.2. The second-order valence-electron chi connectivity index (χ2n) is 17.3. The maximum absolute atomic E-state index is 13.7. The third-order valence-electron chi connectivity index (χ3n) is 12.8. The number of aromatic amines is 1. The Morgan fingerprint density at radius 1 is 0.926 bits per heavy atom. The van der Waals surface area contributed by atoms with Crippen molar-refractivity contribution in [1.82, 2.24) is 35.3 Å². The summed E-state index contributed by atoms with van der Waals surface area (Å²) in [5.41, 5.74) is 5.49. The van der Waals surface area contributed by atoms with Gasteiger partial charge in [0.1, 0.15) is 5.82 Å². The van der Waals surface area contributed by atoms with Gasteiger partial charge in [0, 0.05) is 80.1 Å². The largest absolute Gasteiger partial charge is 0.356 e. The Bertz CT molecular complexity index is 2040. The molecule has 5 aliphatic rings. The molecule has 3 aromatic heterocycles. The lowest BCUT2D eigenvalue weighted by atomic mass is 9.49. The average molecular weight is 733 g/mol. The summed E-state index contributed by atoms with van der Waals surface area (Å²) in [6.45, 7) is 13.5. The summed E-state index contributed by atoms with van der Waals surface area (Å²) in [4.78, 5) is 51.8. The minimum absolute atomic E-state index is 0.108. The number of fused-ring (bicyclic) bond motifs is 1. The number of hydrogen-bond donors (Lipinski definition) is 3. The number of anilines is 1. The van der Waals surface area contributed by atoms with Crippen LogP contribution in [0, 0.1) is 37.0 Å². The van der Waals surface area contributed by atoms with Gasteiger partial charge in [-0.3, -0.25) is 24.0 Å². The van der Waals surface area contributed by atoms with Crippen molar-refractivity contribution in [3.63, 3.8) is 0 Å². The first-order valence-electron chi connectivity index (χ1n) is 20.2. The first-order chi connectivity index (χ1) is 26.0. The van der Waals surface area contributed by atoms with Crippen LogP contribution in [0.4, 0.5) is 5.82 Å². The molecule has 4 saturated carbocycles. The van der Waals surface area contributed by atoms with E-state index in [1.54, 1.807) is 6.20 Å². The summed E-state index contributed by atoms with van der Waals surface area (Å²) in [5, 5.41) is 11.6. The Morgan fingerprint density at radius 3 is 2.30 bits per heavy atom. The zero-order chi connectivity index (χ0) is 37.6. The zero-order valence-corrected chi connectivity index (χ0v) is 32.4. The molecule has 1 aromatic carbocycles. The summed E-state index contributed by atoms with van der Waals surface area (Å²) in [5.74, 6) is 3.61. The summed E-state index contributed by atoms with van der Waals surface area (Å²) in [6.07, 6.45) is 13.5. The number of hydrogen-bond acceptors (Lipinski definition) is 7. The van der Waals surface area contributed by atoms with Gasteiger partial charge in [-0.2, -0.15) is 5.10 Å². The van der Waals surface area contributed by atoms with Gasteiger partial charge in [0.05, 0.1) is 17.3 Å². The molecule has 54 heavy (non-hydrogen) atoms. The summed E-state index contributed by atoms with van der Waals surface area (Å²) in [7, 11) is 0.